The summed E-state index contributed by atoms with van der Waals surface area (Å²) in [4.78, 5) is 45.2. The third-order valence-corrected chi connectivity index (χ3v) is 8.73. The van der Waals surface area contributed by atoms with E-state index in [9.17, 15) is 14.4 Å². The molecule has 2 heterocycles. The van der Waals surface area contributed by atoms with E-state index in [1.165, 1.54) is 12.5 Å². The van der Waals surface area contributed by atoms with Crippen LogP contribution in [0.1, 0.15) is 62.9 Å². The van der Waals surface area contributed by atoms with Gasteiger partial charge in [0.15, 0.2) is 0 Å². The number of nitrogens with zero attached hydrogens (tertiary/aromatic N) is 2. The number of thiazole rings is 1. The van der Waals surface area contributed by atoms with E-state index in [1.807, 2.05) is 6.07 Å². The minimum atomic E-state index is -0.733. The number of hydrogen-bond acceptors (Lipinski definition) is 6. The molecular formula is C29H41N5O3S. The summed E-state index contributed by atoms with van der Waals surface area (Å²) in [7, 11) is 0. The smallest absolute Gasteiger partial charge is 0.247 e. The van der Waals surface area contributed by atoms with Crippen LogP contribution in [0.2, 0.25) is 0 Å². The van der Waals surface area contributed by atoms with Crippen molar-refractivity contribution in [3.8, 4) is 0 Å². The number of hydrogen-bond donors (Lipinski definition) is 3. The van der Waals surface area contributed by atoms with E-state index in [-0.39, 0.29) is 23.8 Å². The highest BCUT2D eigenvalue weighted by Gasteiger charge is 2.30. The van der Waals surface area contributed by atoms with Crippen molar-refractivity contribution in [1.82, 2.24) is 25.8 Å². The number of aryl methyl sites for hydroxylation is 1. The molecule has 8 nitrogen and oxygen atoms in total. The molecule has 38 heavy (non-hydrogen) atoms. The third kappa shape index (κ3) is 7.63. The van der Waals surface area contributed by atoms with Gasteiger partial charge < -0.3 is 16.0 Å². The summed E-state index contributed by atoms with van der Waals surface area (Å²) in [5.41, 5.74) is 2.71. The molecule has 3 N–H and O–H groups in total. The van der Waals surface area contributed by atoms with Gasteiger partial charge in [-0.25, -0.2) is 4.98 Å². The molecule has 1 aromatic carbocycles. The van der Waals surface area contributed by atoms with Crippen molar-refractivity contribution in [2.45, 2.75) is 77.3 Å². The Hall–Kier alpha value is -2.78. The summed E-state index contributed by atoms with van der Waals surface area (Å²) in [6, 6.07) is 5.29. The van der Waals surface area contributed by atoms with E-state index < -0.39 is 6.04 Å². The highest BCUT2D eigenvalue weighted by molar-refractivity contribution is 7.18. The molecule has 4 rings (SSSR count). The first-order valence-electron chi connectivity index (χ1n) is 14.0. The van der Waals surface area contributed by atoms with Gasteiger partial charge in [0.2, 0.25) is 17.7 Å². The molecule has 1 aromatic heterocycles. The first-order chi connectivity index (χ1) is 18.3. The standard InChI is InChI=1S/C29H41N5O3S/c1-4-21-11-12-23-26(15-21)38-27(32-23)16-24(31-20(3)35)29(37)33-25(22-9-5-6-10-22)17-30-28(36)19(2)18-34-13-7-8-14-34/h11-12,15,22,24-25H,2,4-10,13-14,16-18H2,1,3H3,(H,30,36)(H,31,35)(H,33,37)/t24-,25+/m0/s1. The third-order valence-electron chi connectivity index (χ3n) is 7.69. The maximum absolute atomic E-state index is 13.5. The van der Waals surface area contributed by atoms with Gasteiger partial charge in [0.1, 0.15) is 6.04 Å². The lowest BCUT2D eigenvalue weighted by molar-refractivity contribution is -0.128. The van der Waals surface area contributed by atoms with Crippen LogP contribution in [0.4, 0.5) is 0 Å². The molecular weight excluding hydrogens is 498 g/mol. The van der Waals surface area contributed by atoms with Crippen molar-refractivity contribution < 1.29 is 14.4 Å². The number of fused-ring (bicyclic) bond motifs is 1. The number of carbonyl (C=O) groups excluding carboxylic acids is 3. The molecule has 2 aliphatic rings. The van der Waals surface area contributed by atoms with Gasteiger partial charge in [0.25, 0.3) is 0 Å². The molecule has 0 spiro atoms. The second-order valence-corrected chi connectivity index (χ2v) is 11.8. The molecule has 1 saturated carbocycles. The Bertz CT molecular complexity index is 1150. The second kappa shape index (κ2) is 13.3. The first kappa shape index (κ1) is 28.2. The minimum absolute atomic E-state index is 0.159. The van der Waals surface area contributed by atoms with Gasteiger partial charge in [-0.2, -0.15) is 0 Å². The topological polar surface area (TPSA) is 103 Å². The molecule has 2 fully saturated rings. The van der Waals surface area contributed by atoms with Gasteiger partial charge in [0.05, 0.1) is 15.2 Å². The maximum atomic E-state index is 13.5. The molecule has 9 heteroatoms. The fourth-order valence-electron chi connectivity index (χ4n) is 5.54. The summed E-state index contributed by atoms with van der Waals surface area (Å²) in [5.74, 6) is -0.369. The van der Waals surface area contributed by atoms with Gasteiger partial charge in [-0.3, -0.25) is 19.3 Å². The zero-order valence-electron chi connectivity index (χ0n) is 22.7. The van der Waals surface area contributed by atoms with Gasteiger partial charge >= 0.3 is 0 Å². The Balaban J connectivity index is 1.41. The number of amides is 3. The van der Waals surface area contributed by atoms with E-state index in [2.05, 4.69) is 46.5 Å². The van der Waals surface area contributed by atoms with Crippen LogP contribution in [0, 0.1) is 5.92 Å². The van der Waals surface area contributed by atoms with Crippen LogP contribution < -0.4 is 16.0 Å². The number of benzene rings is 1. The Labute approximate surface area is 229 Å². The summed E-state index contributed by atoms with van der Waals surface area (Å²) in [5, 5.41) is 9.83. The van der Waals surface area contributed by atoms with E-state index in [4.69, 9.17) is 4.98 Å². The summed E-state index contributed by atoms with van der Waals surface area (Å²) in [6.45, 7) is 10.5. The van der Waals surface area contributed by atoms with Crippen LogP contribution in [0.25, 0.3) is 10.2 Å². The van der Waals surface area contributed by atoms with E-state index in [0.29, 0.717) is 31.0 Å². The number of aromatic nitrogens is 1. The SMILES string of the molecule is C=C(CN1CCCC1)C(=O)NC[C@@H](NC(=O)[C@H](Cc1nc2ccc(CC)cc2s1)NC(C)=O)C1CCCC1. The van der Waals surface area contributed by atoms with Crippen molar-refractivity contribution in [1.29, 1.82) is 0 Å². The highest BCUT2D eigenvalue weighted by Crippen LogP contribution is 2.28. The highest BCUT2D eigenvalue weighted by atomic mass is 32.1. The van der Waals surface area contributed by atoms with Crippen LogP contribution in [0.15, 0.2) is 30.4 Å². The van der Waals surface area contributed by atoms with Crippen LogP contribution >= 0.6 is 11.3 Å². The first-order valence-corrected chi connectivity index (χ1v) is 14.8. The van der Waals surface area contributed by atoms with Crippen LogP contribution in [-0.4, -0.2) is 65.9 Å². The molecule has 2 aromatic rings. The predicted octanol–water partition coefficient (Wildman–Crippen LogP) is 3.35. The number of rotatable bonds is 12. The molecule has 1 saturated heterocycles. The van der Waals surface area contributed by atoms with Gasteiger partial charge in [0, 0.05) is 38.0 Å². The van der Waals surface area contributed by atoms with Crippen LogP contribution in [-0.2, 0) is 27.2 Å². The second-order valence-electron chi connectivity index (χ2n) is 10.7. The Morgan fingerprint density at radius 3 is 2.55 bits per heavy atom. The molecule has 1 aliphatic heterocycles. The lowest BCUT2D eigenvalue weighted by Gasteiger charge is -2.28. The quantitative estimate of drug-likeness (QED) is 0.359. The molecule has 0 radical (unpaired) electrons. The largest absolute Gasteiger partial charge is 0.350 e. The molecule has 2 atom stereocenters. The summed E-state index contributed by atoms with van der Waals surface area (Å²) < 4.78 is 1.09. The van der Waals surface area contributed by atoms with Crippen LogP contribution in [0.5, 0.6) is 0 Å². The van der Waals surface area contributed by atoms with Crippen molar-refractivity contribution in [2.75, 3.05) is 26.2 Å². The Morgan fingerprint density at radius 1 is 1.13 bits per heavy atom. The average molecular weight is 540 g/mol. The Kier molecular flexibility index (Phi) is 9.91. The van der Waals surface area contributed by atoms with Crippen molar-refractivity contribution >= 4 is 39.3 Å². The number of nitrogens with one attached hydrogen (secondary N) is 3. The molecule has 3 amide bonds. The zero-order chi connectivity index (χ0) is 27.1. The minimum Gasteiger partial charge on any atom is -0.350 e. The lowest BCUT2D eigenvalue weighted by atomic mass is 9.97. The van der Waals surface area contributed by atoms with Gasteiger partial charge in [-0.1, -0.05) is 32.4 Å². The molecule has 1 aliphatic carbocycles. The van der Waals surface area contributed by atoms with Crippen molar-refractivity contribution in [2.24, 2.45) is 5.92 Å². The lowest BCUT2D eigenvalue weighted by Crippen LogP contribution is -2.54. The fraction of sp³-hybridized carbons (Fsp3) is 0.586. The van der Waals surface area contributed by atoms with Gasteiger partial charge in [-0.15, -0.1) is 11.3 Å². The van der Waals surface area contributed by atoms with E-state index in [1.54, 1.807) is 11.3 Å². The summed E-state index contributed by atoms with van der Waals surface area (Å²) in [6.07, 6.45) is 7.86. The molecule has 0 bridgehead atoms. The van der Waals surface area contributed by atoms with E-state index >= 15 is 0 Å². The molecule has 206 valence electrons. The van der Waals surface area contributed by atoms with Crippen molar-refractivity contribution in [3.05, 3.63) is 40.9 Å². The van der Waals surface area contributed by atoms with Gasteiger partial charge in [-0.05, 0) is 68.8 Å². The van der Waals surface area contributed by atoms with Crippen LogP contribution in [0.3, 0.4) is 0 Å². The van der Waals surface area contributed by atoms with E-state index in [0.717, 1.165) is 73.3 Å². The molecule has 0 unspecified atom stereocenters. The number of likely N-dealkylation sites (tertiary alicyclic amines) is 1. The average Bonchev–Trinajstić information content (AvgIpc) is 3.67. The monoisotopic (exact) mass is 539 g/mol. The Morgan fingerprint density at radius 2 is 1.87 bits per heavy atom. The normalized spacial score (nSPS) is 17.8. The summed E-state index contributed by atoms with van der Waals surface area (Å²) >= 11 is 1.56. The fourth-order valence-corrected chi connectivity index (χ4v) is 6.62. The van der Waals surface area contributed by atoms with Crippen molar-refractivity contribution in [3.63, 3.8) is 0 Å². The number of carbonyl (C=O) groups is 3. The predicted molar refractivity (Wildman–Crippen MR) is 152 cm³/mol. The maximum Gasteiger partial charge on any atom is 0.247 e. The zero-order valence-corrected chi connectivity index (χ0v) is 23.5.